The zero-order chi connectivity index (χ0) is 20.2. The van der Waals surface area contributed by atoms with Crippen LogP contribution >= 0.6 is 7.60 Å². The molecule has 1 atom stereocenters. The highest BCUT2D eigenvalue weighted by molar-refractivity contribution is 7.62. The average Bonchev–Trinajstić information content (AvgIpc) is 3.07. The molecule has 4 rings (SSSR count). The SMILES string of the molecule is COP(=O)(On1c(=O)c2cc3c(=O)n(C)c(=O)c3cc2c1=O)c1ccccc1. The summed E-state index contributed by atoms with van der Waals surface area (Å²) in [6.45, 7) is 0. The predicted octanol–water partition coefficient (Wildman–Crippen LogP) is 0.0430. The van der Waals surface area contributed by atoms with Crippen LogP contribution in [0, 0.1) is 0 Å². The van der Waals surface area contributed by atoms with Crippen molar-refractivity contribution in [2.24, 2.45) is 7.05 Å². The molecule has 0 bridgehead atoms. The van der Waals surface area contributed by atoms with E-state index in [1.54, 1.807) is 18.2 Å². The van der Waals surface area contributed by atoms with Gasteiger partial charge in [0.25, 0.3) is 22.2 Å². The molecule has 0 aliphatic carbocycles. The Morgan fingerprint density at radius 1 is 0.786 bits per heavy atom. The van der Waals surface area contributed by atoms with Gasteiger partial charge in [0.15, 0.2) is 0 Å². The van der Waals surface area contributed by atoms with Crippen LogP contribution in [0.2, 0.25) is 0 Å². The van der Waals surface area contributed by atoms with Gasteiger partial charge in [-0.2, -0.15) is 0 Å². The summed E-state index contributed by atoms with van der Waals surface area (Å²) in [4.78, 5) is 49.7. The molecule has 0 saturated heterocycles. The molecule has 4 aromatic rings. The lowest BCUT2D eigenvalue weighted by molar-refractivity contribution is 0.208. The lowest BCUT2D eigenvalue weighted by Crippen LogP contribution is -2.33. The van der Waals surface area contributed by atoms with E-state index >= 15 is 0 Å². The summed E-state index contributed by atoms with van der Waals surface area (Å²) in [5.41, 5.74) is -2.94. The van der Waals surface area contributed by atoms with E-state index < -0.39 is 29.8 Å². The van der Waals surface area contributed by atoms with E-state index in [9.17, 15) is 23.7 Å². The zero-order valence-electron chi connectivity index (χ0n) is 14.7. The van der Waals surface area contributed by atoms with Crippen LogP contribution in [-0.4, -0.2) is 16.4 Å². The molecule has 2 aromatic heterocycles. The van der Waals surface area contributed by atoms with Crippen LogP contribution in [0.3, 0.4) is 0 Å². The second-order valence-corrected chi connectivity index (χ2v) is 8.15. The third-order valence-electron chi connectivity index (χ3n) is 4.56. The van der Waals surface area contributed by atoms with Gasteiger partial charge in [-0.25, -0.2) is 4.57 Å². The van der Waals surface area contributed by atoms with Gasteiger partial charge in [-0.05, 0) is 24.3 Å². The first-order valence-corrected chi connectivity index (χ1v) is 9.63. The summed E-state index contributed by atoms with van der Waals surface area (Å²) < 4.78 is 24.5. The van der Waals surface area contributed by atoms with Gasteiger partial charge in [0.1, 0.15) is 0 Å². The molecule has 0 amide bonds. The van der Waals surface area contributed by atoms with Crippen molar-refractivity contribution in [3.05, 3.63) is 83.9 Å². The van der Waals surface area contributed by atoms with Crippen LogP contribution in [0.5, 0.6) is 0 Å². The second kappa shape index (κ2) is 6.12. The maximum absolute atomic E-state index is 13.0. The monoisotopic (exact) mass is 400 g/mol. The van der Waals surface area contributed by atoms with E-state index in [4.69, 9.17) is 9.15 Å². The van der Waals surface area contributed by atoms with Crippen LogP contribution in [0.15, 0.2) is 61.6 Å². The maximum Gasteiger partial charge on any atom is 0.429 e. The van der Waals surface area contributed by atoms with Gasteiger partial charge in [0.05, 0.1) is 26.8 Å². The molecule has 0 aliphatic heterocycles. The molecule has 0 radical (unpaired) electrons. The largest absolute Gasteiger partial charge is 0.429 e. The highest BCUT2D eigenvalue weighted by Crippen LogP contribution is 2.41. The number of hydrogen-bond acceptors (Lipinski definition) is 7. The van der Waals surface area contributed by atoms with Gasteiger partial charge < -0.3 is 4.62 Å². The lowest BCUT2D eigenvalue weighted by Gasteiger charge is -2.15. The molecule has 0 aliphatic rings. The molecule has 0 N–H and O–H groups in total. The fourth-order valence-corrected chi connectivity index (χ4v) is 4.32. The highest BCUT2D eigenvalue weighted by Gasteiger charge is 2.31. The molecule has 10 heteroatoms. The Labute approximate surface area is 156 Å². The quantitative estimate of drug-likeness (QED) is 0.445. The Kier molecular flexibility index (Phi) is 3.95. The Balaban J connectivity index is 1.97. The molecule has 142 valence electrons. The molecule has 2 aromatic carbocycles. The van der Waals surface area contributed by atoms with Crippen molar-refractivity contribution in [3.63, 3.8) is 0 Å². The Hall–Kier alpha value is -3.29. The Bertz CT molecular complexity index is 1410. The van der Waals surface area contributed by atoms with Crippen LogP contribution in [0.1, 0.15) is 0 Å². The predicted molar refractivity (Wildman–Crippen MR) is 103 cm³/mol. The number of rotatable bonds is 4. The maximum atomic E-state index is 13.0. The van der Waals surface area contributed by atoms with Gasteiger partial charge in [0.2, 0.25) is 0 Å². The van der Waals surface area contributed by atoms with Gasteiger partial charge >= 0.3 is 7.60 Å². The molecule has 0 fully saturated rings. The van der Waals surface area contributed by atoms with Crippen molar-refractivity contribution in [1.82, 2.24) is 9.30 Å². The number of fused-ring (bicyclic) bond motifs is 2. The standard InChI is InChI=1S/C18H13N2O7P/c1-19-15(21)11-8-13-14(9-12(11)16(19)22)18(24)20(17(13)23)27-28(25,26-2)10-6-4-3-5-7-10/h3-9H,1-2H3. The summed E-state index contributed by atoms with van der Waals surface area (Å²) in [5, 5.41) is -0.0326. The van der Waals surface area contributed by atoms with E-state index in [1.165, 1.54) is 31.3 Å². The summed E-state index contributed by atoms with van der Waals surface area (Å²) in [7, 11) is -1.57. The average molecular weight is 400 g/mol. The van der Waals surface area contributed by atoms with Crippen molar-refractivity contribution in [2.45, 2.75) is 0 Å². The smallest absolute Gasteiger partial charge is 0.322 e. The normalized spacial score (nSPS) is 13.8. The molecular weight excluding hydrogens is 387 g/mol. The third-order valence-corrected chi connectivity index (χ3v) is 6.35. The molecule has 9 nitrogen and oxygen atoms in total. The van der Waals surface area contributed by atoms with Crippen molar-refractivity contribution in [1.29, 1.82) is 0 Å². The van der Waals surface area contributed by atoms with Crippen LogP contribution in [-0.2, 0) is 16.1 Å². The van der Waals surface area contributed by atoms with Gasteiger partial charge in [-0.3, -0.25) is 28.3 Å². The minimum atomic E-state index is -4.01. The molecule has 28 heavy (non-hydrogen) atoms. The summed E-state index contributed by atoms with van der Waals surface area (Å²) >= 11 is 0. The minimum Gasteiger partial charge on any atom is -0.322 e. The van der Waals surface area contributed by atoms with Crippen molar-refractivity contribution in [3.8, 4) is 0 Å². The topological polar surface area (TPSA) is 114 Å². The first-order chi connectivity index (χ1) is 13.3. The minimum absolute atomic E-state index is 0.0206. The van der Waals surface area contributed by atoms with E-state index in [0.717, 1.165) is 11.7 Å². The number of nitrogens with zero attached hydrogens (tertiary/aromatic N) is 2. The number of benzene rings is 2. The second-order valence-electron chi connectivity index (χ2n) is 6.11. The highest BCUT2D eigenvalue weighted by atomic mass is 31.2. The molecule has 2 heterocycles. The number of hydrogen-bond donors (Lipinski definition) is 0. The Morgan fingerprint density at radius 3 is 1.71 bits per heavy atom. The first kappa shape index (κ1) is 18.1. The zero-order valence-corrected chi connectivity index (χ0v) is 15.6. The lowest BCUT2D eigenvalue weighted by atomic mass is 10.1. The van der Waals surface area contributed by atoms with E-state index in [2.05, 4.69) is 0 Å². The molecular formula is C18H13N2O7P. The van der Waals surface area contributed by atoms with Crippen molar-refractivity contribution < 1.29 is 13.7 Å². The summed E-state index contributed by atoms with van der Waals surface area (Å²) in [5.74, 6) is 0. The third kappa shape index (κ3) is 2.41. The van der Waals surface area contributed by atoms with Crippen LogP contribution in [0.4, 0.5) is 0 Å². The molecule has 0 saturated carbocycles. The van der Waals surface area contributed by atoms with Gasteiger partial charge in [0, 0.05) is 14.2 Å². The molecule has 0 spiro atoms. The van der Waals surface area contributed by atoms with Gasteiger partial charge in [-0.15, -0.1) is 0 Å². The first-order valence-electron chi connectivity index (χ1n) is 8.09. The van der Waals surface area contributed by atoms with Crippen LogP contribution in [0.25, 0.3) is 21.5 Å². The van der Waals surface area contributed by atoms with Gasteiger partial charge in [-0.1, -0.05) is 22.9 Å². The fourth-order valence-electron chi connectivity index (χ4n) is 3.05. The van der Waals surface area contributed by atoms with E-state index in [0.29, 0.717) is 4.73 Å². The van der Waals surface area contributed by atoms with Crippen molar-refractivity contribution >= 4 is 34.4 Å². The number of aromatic nitrogens is 2. The van der Waals surface area contributed by atoms with Crippen LogP contribution < -0.4 is 32.2 Å². The summed E-state index contributed by atoms with van der Waals surface area (Å²) in [6.07, 6.45) is 0. The van der Waals surface area contributed by atoms with E-state index in [1.807, 2.05) is 0 Å². The Morgan fingerprint density at radius 2 is 1.25 bits per heavy atom. The van der Waals surface area contributed by atoms with E-state index in [-0.39, 0.29) is 26.8 Å². The van der Waals surface area contributed by atoms with Crippen molar-refractivity contribution in [2.75, 3.05) is 7.11 Å². The summed E-state index contributed by atoms with van der Waals surface area (Å²) in [6, 6.07) is 10.2. The fraction of sp³-hybridized carbons (Fsp3) is 0.111. The molecule has 1 unspecified atom stereocenters.